The topological polar surface area (TPSA) is 77.8 Å². The highest BCUT2D eigenvalue weighted by molar-refractivity contribution is 5.30. The molecule has 1 aromatic rings. The number of nitrogens with zero attached hydrogens (tertiary/aromatic N) is 2. The molecule has 0 amide bonds. The zero-order valence-electron chi connectivity index (χ0n) is 6.83. The van der Waals surface area contributed by atoms with E-state index in [0.717, 1.165) is 11.3 Å². The molecule has 2 rings (SSSR count). The number of nitrogen functional groups attached to an aromatic ring is 1. The molecule has 1 saturated carbocycles. The molecule has 12 heavy (non-hydrogen) atoms. The van der Waals surface area contributed by atoms with Gasteiger partial charge in [0.15, 0.2) is 0 Å². The molecule has 0 bridgehead atoms. The second kappa shape index (κ2) is 2.71. The van der Waals surface area contributed by atoms with Crippen LogP contribution in [0.25, 0.3) is 0 Å². The quantitative estimate of drug-likeness (QED) is 0.663. The summed E-state index contributed by atoms with van der Waals surface area (Å²) in [7, 11) is 0. The van der Waals surface area contributed by atoms with E-state index in [9.17, 15) is 0 Å². The highest BCUT2D eigenvalue weighted by atomic mass is 15.0. The minimum Gasteiger partial charge on any atom is -0.368 e. The molecule has 4 N–H and O–H groups in total. The van der Waals surface area contributed by atoms with E-state index in [-0.39, 0.29) is 0 Å². The summed E-state index contributed by atoms with van der Waals surface area (Å²) in [6.07, 6.45) is 4.16. The number of hydrogen-bond acceptors (Lipinski definition) is 4. The predicted octanol–water partition coefficient (Wildman–Crippen LogP) is 0.395. The molecule has 0 aliphatic heterocycles. The van der Waals surface area contributed by atoms with Gasteiger partial charge < -0.3 is 11.5 Å². The smallest absolute Gasteiger partial charge is 0.220 e. The van der Waals surface area contributed by atoms with Gasteiger partial charge in [0.1, 0.15) is 0 Å². The average Bonchev–Trinajstić information content (AvgIpc) is 2.87. The summed E-state index contributed by atoms with van der Waals surface area (Å²) in [5.41, 5.74) is 13.1. The van der Waals surface area contributed by atoms with Crippen molar-refractivity contribution in [3.63, 3.8) is 0 Å². The van der Waals surface area contributed by atoms with Gasteiger partial charge in [-0.1, -0.05) is 0 Å². The van der Waals surface area contributed by atoms with Crippen LogP contribution in [0.1, 0.15) is 30.0 Å². The van der Waals surface area contributed by atoms with Crippen LogP contribution in [0.5, 0.6) is 0 Å². The zero-order chi connectivity index (χ0) is 8.55. The van der Waals surface area contributed by atoms with Crippen molar-refractivity contribution in [2.45, 2.75) is 25.3 Å². The summed E-state index contributed by atoms with van der Waals surface area (Å²) in [5.74, 6) is 0.947. The summed E-state index contributed by atoms with van der Waals surface area (Å²) in [6, 6.07) is 0. The fourth-order valence-corrected chi connectivity index (χ4v) is 1.30. The Balaban J connectivity index is 2.39. The summed E-state index contributed by atoms with van der Waals surface area (Å²) >= 11 is 0. The van der Waals surface area contributed by atoms with Gasteiger partial charge in [0.05, 0.1) is 5.69 Å². The maximum Gasteiger partial charge on any atom is 0.220 e. The molecule has 4 heteroatoms. The third kappa shape index (κ3) is 1.25. The van der Waals surface area contributed by atoms with E-state index in [1.54, 1.807) is 6.20 Å². The maximum atomic E-state index is 5.55. The molecular formula is C8H12N4. The molecule has 0 radical (unpaired) electrons. The third-order valence-corrected chi connectivity index (χ3v) is 2.10. The Kier molecular flexibility index (Phi) is 1.69. The van der Waals surface area contributed by atoms with Crippen molar-refractivity contribution in [2.24, 2.45) is 5.73 Å². The zero-order valence-corrected chi connectivity index (χ0v) is 6.83. The Morgan fingerprint density at radius 2 is 2.25 bits per heavy atom. The molecule has 0 spiro atoms. The predicted molar refractivity (Wildman–Crippen MR) is 46.3 cm³/mol. The number of hydrogen-bond donors (Lipinski definition) is 2. The van der Waals surface area contributed by atoms with Crippen LogP contribution in [-0.2, 0) is 6.54 Å². The van der Waals surface area contributed by atoms with Crippen molar-refractivity contribution in [1.29, 1.82) is 0 Å². The first kappa shape index (κ1) is 7.49. The summed E-state index contributed by atoms with van der Waals surface area (Å²) in [6.45, 7) is 0.506. The second-order valence-corrected chi connectivity index (χ2v) is 3.12. The van der Waals surface area contributed by atoms with Gasteiger partial charge in [0, 0.05) is 24.2 Å². The molecule has 64 valence electrons. The van der Waals surface area contributed by atoms with Crippen molar-refractivity contribution in [3.8, 4) is 0 Å². The fourth-order valence-electron chi connectivity index (χ4n) is 1.30. The van der Waals surface area contributed by atoms with Gasteiger partial charge >= 0.3 is 0 Å². The van der Waals surface area contributed by atoms with Crippen molar-refractivity contribution >= 4 is 5.95 Å². The summed E-state index contributed by atoms with van der Waals surface area (Å²) < 4.78 is 0. The van der Waals surface area contributed by atoms with E-state index in [2.05, 4.69) is 9.97 Å². The maximum absolute atomic E-state index is 5.55. The van der Waals surface area contributed by atoms with Crippen LogP contribution >= 0.6 is 0 Å². The molecule has 0 atom stereocenters. The van der Waals surface area contributed by atoms with Crippen LogP contribution < -0.4 is 11.5 Å². The lowest BCUT2D eigenvalue weighted by Crippen LogP contribution is -2.06. The van der Waals surface area contributed by atoms with E-state index in [0.29, 0.717) is 18.4 Å². The number of rotatable bonds is 2. The summed E-state index contributed by atoms with van der Waals surface area (Å²) in [5, 5.41) is 0. The molecule has 1 aromatic heterocycles. The molecule has 0 unspecified atom stereocenters. The largest absolute Gasteiger partial charge is 0.368 e. The highest BCUT2D eigenvalue weighted by Crippen LogP contribution is 2.40. The molecule has 1 aliphatic carbocycles. The highest BCUT2D eigenvalue weighted by Gasteiger charge is 2.27. The molecule has 1 aliphatic rings. The SMILES string of the molecule is NCc1cnc(N)nc1C1CC1. The van der Waals surface area contributed by atoms with Gasteiger partial charge in [0.2, 0.25) is 5.95 Å². The lowest BCUT2D eigenvalue weighted by Gasteiger charge is -2.04. The minimum atomic E-state index is 0.356. The standard InChI is InChI=1S/C8H12N4/c9-3-6-4-11-8(10)12-7(6)5-1-2-5/h4-5H,1-3,9H2,(H2,10,11,12). The van der Waals surface area contributed by atoms with E-state index >= 15 is 0 Å². The lowest BCUT2D eigenvalue weighted by atomic mass is 10.1. The molecule has 1 fully saturated rings. The molecule has 1 heterocycles. The van der Waals surface area contributed by atoms with Gasteiger partial charge in [-0.05, 0) is 12.8 Å². The number of anilines is 1. The van der Waals surface area contributed by atoms with Crippen molar-refractivity contribution in [2.75, 3.05) is 5.73 Å². The Morgan fingerprint density at radius 3 is 2.83 bits per heavy atom. The van der Waals surface area contributed by atoms with Crippen molar-refractivity contribution in [1.82, 2.24) is 9.97 Å². The van der Waals surface area contributed by atoms with Crippen molar-refractivity contribution in [3.05, 3.63) is 17.5 Å². The normalized spacial score (nSPS) is 16.4. The van der Waals surface area contributed by atoms with Gasteiger partial charge in [-0.2, -0.15) is 0 Å². The average molecular weight is 164 g/mol. The van der Waals surface area contributed by atoms with Crippen LogP contribution in [0.15, 0.2) is 6.20 Å². The van der Waals surface area contributed by atoms with Crippen LogP contribution in [0, 0.1) is 0 Å². The number of nitrogens with two attached hydrogens (primary N) is 2. The van der Waals surface area contributed by atoms with E-state index < -0.39 is 0 Å². The van der Waals surface area contributed by atoms with Crippen LogP contribution in [0.2, 0.25) is 0 Å². The molecule has 4 nitrogen and oxygen atoms in total. The van der Waals surface area contributed by atoms with Crippen LogP contribution in [-0.4, -0.2) is 9.97 Å². The molecular weight excluding hydrogens is 152 g/mol. The Morgan fingerprint density at radius 1 is 1.50 bits per heavy atom. The third-order valence-electron chi connectivity index (χ3n) is 2.10. The monoisotopic (exact) mass is 164 g/mol. The molecule has 0 aromatic carbocycles. The van der Waals surface area contributed by atoms with Crippen molar-refractivity contribution < 1.29 is 0 Å². The fraction of sp³-hybridized carbons (Fsp3) is 0.500. The van der Waals surface area contributed by atoms with E-state index in [1.165, 1.54) is 12.8 Å². The van der Waals surface area contributed by atoms with Crippen LogP contribution in [0.3, 0.4) is 0 Å². The number of aromatic nitrogens is 2. The van der Waals surface area contributed by atoms with E-state index in [1.807, 2.05) is 0 Å². The minimum absolute atomic E-state index is 0.356. The van der Waals surface area contributed by atoms with E-state index in [4.69, 9.17) is 11.5 Å². The first-order valence-corrected chi connectivity index (χ1v) is 4.12. The van der Waals surface area contributed by atoms with Gasteiger partial charge in [-0.15, -0.1) is 0 Å². The summed E-state index contributed by atoms with van der Waals surface area (Å²) in [4.78, 5) is 8.10. The molecule has 0 saturated heterocycles. The lowest BCUT2D eigenvalue weighted by molar-refractivity contribution is 0.913. The Labute approximate surface area is 71.0 Å². The Hall–Kier alpha value is -1.16. The Bertz CT molecular complexity index is 293. The second-order valence-electron chi connectivity index (χ2n) is 3.12. The van der Waals surface area contributed by atoms with Gasteiger partial charge in [-0.3, -0.25) is 0 Å². The van der Waals surface area contributed by atoms with Gasteiger partial charge in [0.25, 0.3) is 0 Å². The van der Waals surface area contributed by atoms with Gasteiger partial charge in [-0.25, -0.2) is 9.97 Å². The first-order chi connectivity index (χ1) is 5.81. The first-order valence-electron chi connectivity index (χ1n) is 4.12. The van der Waals surface area contributed by atoms with Crippen LogP contribution in [0.4, 0.5) is 5.95 Å².